The van der Waals surface area contributed by atoms with Crippen molar-refractivity contribution in [2.75, 3.05) is 19.6 Å². The van der Waals surface area contributed by atoms with Crippen LogP contribution < -0.4 is 11.1 Å². The fraction of sp³-hybridized carbons (Fsp3) is 0.444. The Morgan fingerprint density at radius 3 is 2.78 bits per heavy atom. The molecule has 2 aromatic heterocycles. The van der Waals surface area contributed by atoms with Gasteiger partial charge < -0.3 is 11.1 Å². The average molecular weight is 408 g/mol. The molecule has 146 valence electrons. The Labute approximate surface area is 164 Å². The van der Waals surface area contributed by atoms with Gasteiger partial charge in [-0.1, -0.05) is 12.5 Å². The van der Waals surface area contributed by atoms with Crippen LogP contribution in [0.3, 0.4) is 0 Å². The topological polar surface area (TPSA) is 101 Å². The lowest BCUT2D eigenvalue weighted by Gasteiger charge is -2.25. The van der Waals surface area contributed by atoms with Gasteiger partial charge in [-0.25, -0.2) is 13.4 Å². The third kappa shape index (κ3) is 5.50. The predicted octanol–water partition coefficient (Wildman–Crippen LogP) is 1.96. The van der Waals surface area contributed by atoms with Crippen LogP contribution in [0.15, 0.2) is 45.7 Å². The standard InChI is InChI=1S/C18H25N5O2S2/c19-18(21-11-9-15-6-2-3-10-20-15)22-14-16-7-8-17(26-16)27(24,25)23-12-4-1-5-13-23/h2-3,6-8,10H,1,4-5,9,11-14H2,(H3,19,21,22). The number of rotatable bonds is 7. The van der Waals surface area contributed by atoms with E-state index in [-0.39, 0.29) is 0 Å². The van der Waals surface area contributed by atoms with E-state index in [1.165, 1.54) is 11.3 Å². The maximum Gasteiger partial charge on any atom is 0.252 e. The molecule has 1 saturated heterocycles. The van der Waals surface area contributed by atoms with Gasteiger partial charge in [0.2, 0.25) is 0 Å². The van der Waals surface area contributed by atoms with E-state index < -0.39 is 10.0 Å². The lowest BCUT2D eigenvalue weighted by molar-refractivity contribution is 0.347. The number of nitrogens with two attached hydrogens (primary N) is 1. The molecule has 0 spiro atoms. The van der Waals surface area contributed by atoms with E-state index in [1.807, 2.05) is 24.3 Å². The molecule has 3 N–H and O–H groups in total. The van der Waals surface area contributed by atoms with Gasteiger partial charge in [0.05, 0.1) is 6.54 Å². The molecule has 0 amide bonds. The predicted molar refractivity (Wildman–Crippen MR) is 108 cm³/mol. The summed E-state index contributed by atoms with van der Waals surface area (Å²) in [5, 5.41) is 3.06. The minimum Gasteiger partial charge on any atom is -0.370 e. The molecule has 0 aromatic carbocycles. The molecule has 0 atom stereocenters. The van der Waals surface area contributed by atoms with Crippen molar-refractivity contribution in [3.63, 3.8) is 0 Å². The number of piperidine rings is 1. The van der Waals surface area contributed by atoms with Crippen molar-refractivity contribution < 1.29 is 8.42 Å². The number of sulfonamides is 1. The zero-order valence-electron chi connectivity index (χ0n) is 15.2. The molecule has 9 heteroatoms. The molecule has 0 bridgehead atoms. The van der Waals surface area contributed by atoms with Crippen molar-refractivity contribution in [2.24, 2.45) is 10.7 Å². The molecular formula is C18H25N5O2S2. The lowest BCUT2D eigenvalue weighted by Crippen LogP contribution is -2.35. The second-order valence-corrected chi connectivity index (χ2v) is 9.72. The zero-order valence-corrected chi connectivity index (χ0v) is 16.8. The summed E-state index contributed by atoms with van der Waals surface area (Å²) in [7, 11) is -3.38. The first kappa shape index (κ1) is 19.8. The maximum atomic E-state index is 12.7. The molecule has 0 unspecified atom stereocenters. The molecule has 7 nitrogen and oxygen atoms in total. The smallest absolute Gasteiger partial charge is 0.252 e. The molecule has 3 rings (SSSR count). The molecule has 1 aliphatic heterocycles. The van der Waals surface area contributed by atoms with Gasteiger partial charge in [-0.15, -0.1) is 11.3 Å². The SMILES string of the molecule is NC(=NCc1ccc(S(=O)(=O)N2CCCCC2)s1)NCCc1ccccn1. The van der Waals surface area contributed by atoms with Crippen LogP contribution in [-0.4, -0.2) is 43.3 Å². The van der Waals surface area contributed by atoms with E-state index in [9.17, 15) is 8.42 Å². The van der Waals surface area contributed by atoms with Crippen LogP contribution in [0.4, 0.5) is 0 Å². The Hall–Kier alpha value is -1.97. The first-order chi connectivity index (χ1) is 13.1. The quantitative estimate of drug-likeness (QED) is 0.540. The Balaban J connectivity index is 1.51. The zero-order chi connectivity index (χ0) is 19.1. The molecule has 0 aliphatic carbocycles. The summed E-state index contributed by atoms with van der Waals surface area (Å²) in [4.78, 5) is 9.43. The Bertz CT molecular complexity index is 859. The molecule has 3 heterocycles. The molecule has 27 heavy (non-hydrogen) atoms. The van der Waals surface area contributed by atoms with Crippen LogP contribution in [0.1, 0.15) is 29.8 Å². The number of hydrogen-bond donors (Lipinski definition) is 2. The number of aromatic nitrogens is 1. The van der Waals surface area contributed by atoms with Crippen molar-refractivity contribution in [1.82, 2.24) is 14.6 Å². The van der Waals surface area contributed by atoms with Crippen LogP contribution >= 0.6 is 11.3 Å². The molecule has 1 aliphatic rings. The second kappa shape index (κ2) is 9.29. The van der Waals surface area contributed by atoms with Gasteiger partial charge in [-0.05, 0) is 37.1 Å². The van der Waals surface area contributed by atoms with Crippen LogP contribution in [0.2, 0.25) is 0 Å². The van der Waals surface area contributed by atoms with E-state index in [1.54, 1.807) is 16.6 Å². The van der Waals surface area contributed by atoms with Crippen molar-refractivity contribution in [1.29, 1.82) is 0 Å². The number of nitrogens with one attached hydrogen (secondary N) is 1. The largest absolute Gasteiger partial charge is 0.370 e. The Morgan fingerprint density at radius 2 is 2.04 bits per heavy atom. The third-order valence-corrected chi connectivity index (χ3v) is 7.80. The van der Waals surface area contributed by atoms with Gasteiger partial charge in [-0.2, -0.15) is 4.31 Å². The average Bonchev–Trinajstić information content (AvgIpc) is 3.18. The summed E-state index contributed by atoms with van der Waals surface area (Å²) < 4.78 is 27.3. The van der Waals surface area contributed by atoms with E-state index >= 15 is 0 Å². The van der Waals surface area contributed by atoms with Crippen molar-refractivity contribution >= 4 is 27.3 Å². The van der Waals surface area contributed by atoms with E-state index in [4.69, 9.17) is 5.73 Å². The van der Waals surface area contributed by atoms with E-state index in [2.05, 4.69) is 15.3 Å². The van der Waals surface area contributed by atoms with Gasteiger partial charge in [0.1, 0.15) is 4.21 Å². The highest BCUT2D eigenvalue weighted by Gasteiger charge is 2.27. The molecule has 1 fully saturated rings. The number of aliphatic imine (C=N–C) groups is 1. The van der Waals surface area contributed by atoms with Crippen LogP contribution in [-0.2, 0) is 23.0 Å². The highest BCUT2D eigenvalue weighted by atomic mass is 32.2. The monoisotopic (exact) mass is 407 g/mol. The highest BCUT2D eigenvalue weighted by molar-refractivity contribution is 7.91. The fourth-order valence-corrected chi connectivity index (χ4v) is 5.85. The summed E-state index contributed by atoms with van der Waals surface area (Å²) in [6, 6.07) is 9.28. The van der Waals surface area contributed by atoms with Gasteiger partial charge in [0, 0.05) is 42.8 Å². The van der Waals surface area contributed by atoms with Gasteiger partial charge in [-0.3, -0.25) is 4.98 Å². The van der Waals surface area contributed by atoms with Gasteiger partial charge >= 0.3 is 0 Å². The number of hydrogen-bond acceptors (Lipinski definition) is 5. The number of thiophene rings is 1. The Morgan fingerprint density at radius 1 is 1.22 bits per heavy atom. The fourth-order valence-electron chi connectivity index (χ4n) is 2.90. The molecular weight excluding hydrogens is 382 g/mol. The molecule has 0 radical (unpaired) electrons. The minimum atomic E-state index is -3.38. The van der Waals surface area contributed by atoms with Crippen molar-refractivity contribution in [3.8, 4) is 0 Å². The first-order valence-corrected chi connectivity index (χ1v) is 11.3. The summed E-state index contributed by atoms with van der Waals surface area (Å²) in [5.74, 6) is 0.347. The summed E-state index contributed by atoms with van der Waals surface area (Å²) >= 11 is 1.27. The summed E-state index contributed by atoms with van der Waals surface area (Å²) in [6.45, 7) is 2.23. The molecule has 2 aromatic rings. The van der Waals surface area contributed by atoms with Gasteiger partial charge in [0.25, 0.3) is 10.0 Å². The second-order valence-electron chi connectivity index (χ2n) is 6.38. The van der Waals surface area contributed by atoms with Crippen LogP contribution in [0, 0.1) is 0 Å². The lowest BCUT2D eigenvalue weighted by atomic mass is 10.2. The summed E-state index contributed by atoms with van der Waals surface area (Å²) in [5.41, 5.74) is 6.88. The Kier molecular flexibility index (Phi) is 6.81. The van der Waals surface area contributed by atoms with Crippen molar-refractivity contribution in [3.05, 3.63) is 47.1 Å². The summed E-state index contributed by atoms with van der Waals surface area (Å²) in [6.07, 6.45) is 5.49. The normalized spacial score (nSPS) is 16.4. The minimum absolute atomic E-state index is 0.347. The first-order valence-electron chi connectivity index (χ1n) is 9.08. The van der Waals surface area contributed by atoms with E-state index in [0.29, 0.717) is 36.3 Å². The maximum absolute atomic E-state index is 12.7. The van der Waals surface area contributed by atoms with Gasteiger partial charge in [0.15, 0.2) is 5.96 Å². The number of guanidine groups is 1. The van der Waals surface area contributed by atoms with Crippen molar-refractivity contribution in [2.45, 2.75) is 36.4 Å². The number of pyridine rings is 1. The van der Waals surface area contributed by atoms with E-state index in [0.717, 1.165) is 36.3 Å². The highest BCUT2D eigenvalue weighted by Crippen LogP contribution is 2.27. The number of nitrogens with zero attached hydrogens (tertiary/aromatic N) is 3. The van der Waals surface area contributed by atoms with Crippen LogP contribution in [0.5, 0.6) is 0 Å². The van der Waals surface area contributed by atoms with Crippen LogP contribution in [0.25, 0.3) is 0 Å². The third-order valence-electron chi connectivity index (χ3n) is 4.36. The molecule has 0 saturated carbocycles.